The summed E-state index contributed by atoms with van der Waals surface area (Å²) in [5.41, 5.74) is 14.3. The van der Waals surface area contributed by atoms with Gasteiger partial charge in [-0.2, -0.15) is 0 Å². The van der Waals surface area contributed by atoms with Crippen molar-refractivity contribution in [2.45, 2.75) is 0 Å². The van der Waals surface area contributed by atoms with Crippen LogP contribution in [0, 0.1) is 0 Å². The summed E-state index contributed by atoms with van der Waals surface area (Å²) in [5.74, 6) is 0.680. The molecule has 0 unspecified atom stereocenters. The van der Waals surface area contributed by atoms with Gasteiger partial charge >= 0.3 is 0 Å². The molecule has 4 heteroatoms. The summed E-state index contributed by atoms with van der Waals surface area (Å²) in [6.07, 6.45) is 2.22. The third kappa shape index (κ3) is 5.90. The van der Waals surface area contributed by atoms with Crippen LogP contribution in [0.2, 0.25) is 0 Å². The van der Waals surface area contributed by atoms with Crippen molar-refractivity contribution >= 4 is 5.65 Å². The summed E-state index contributed by atoms with van der Waals surface area (Å²) in [7, 11) is 0. The van der Waals surface area contributed by atoms with Crippen molar-refractivity contribution in [2.75, 3.05) is 0 Å². The fourth-order valence-corrected chi connectivity index (χ4v) is 6.70. The van der Waals surface area contributed by atoms with E-state index >= 15 is 0 Å². The van der Waals surface area contributed by atoms with E-state index < -0.39 is 0 Å². The average Bonchev–Trinajstić information content (AvgIpc) is 3.62. The van der Waals surface area contributed by atoms with Gasteiger partial charge in [0, 0.05) is 39.6 Å². The van der Waals surface area contributed by atoms with Crippen molar-refractivity contribution in [3.63, 3.8) is 0 Å². The Morgan fingerprint density at radius 2 is 0.784 bits per heavy atom. The molecule has 51 heavy (non-hydrogen) atoms. The number of fused-ring (bicyclic) bond motifs is 1. The molecule has 0 spiro atoms. The minimum atomic E-state index is 0.680. The molecule has 3 aromatic heterocycles. The fraction of sp³-hybridized carbons (Fsp3) is 0. The lowest BCUT2D eigenvalue weighted by molar-refractivity contribution is 1.18. The Morgan fingerprint density at radius 1 is 0.333 bits per heavy atom. The van der Waals surface area contributed by atoms with E-state index in [9.17, 15) is 0 Å². The zero-order valence-electron chi connectivity index (χ0n) is 27.8. The minimum Gasteiger partial charge on any atom is -0.298 e. The normalized spacial score (nSPS) is 11.1. The SMILES string of the molecule is c1ccc(-c2cc(-c3ccccc3)c3nc(-c4ccc(-c5nc(-c6ccccc6)cc(-c6ccccc6)n5)cc4)c(-c4ccccc4)n3c2)cc1. The van der Waals surface area contributed by atoms with Gasteiger partial charge in [0.15, 0.2) is 5.82 Å². The number of hydrogen-bond acceptors (Lipinski definition) is 3. The van der Waals surface area contributed by atoms with Gasteiger partial charge in [-0.25, -0.2) is 15.0 Å². The summed E-state index contributed by atoms with van der Waals surface area (Å²) in [4.78, 5) is 15.5. The molecule has 0 fully saturated rings. The largest absolute Gasteiger partial charge is 0.298 e. The number of nitrogens with zero attached hydrogens (tertiary/aromatic N) is 4. The lowest BCUT2D eigenvalue weighted by Gasteiger charge is -2.12. The van der Waals surface area contributed by atoms with Crippen LogP contribution >= 0.6 is 0 Å². The fourth-order valence-electron chi connectivity index (χ4n) is 6.70. The predicted octanol–water partition coefficient (Wildman–Crippen LogP) is 11.8. The number of benzene rings is 6. The molecule has 6 aromatic carbocycles. The molecule has 0 radical (unpaired) electrons. The molecule has 9 aromatic rings. The van der Waals surface area contributed by atoms with Crippen molar-refractivity contribution in [1.29, 1.82) is 0 Å². The van der Waals surface area contributed by atoms with Crippen molar-refractivity contribution in [3.8, 4) is 78.7 Å². The lowest BCUT2D eigenvalue weighted by Crippen LogP contribution is -1.96. The Bertz CT molecular complexity index is 2520. The van der Waals surface area contributed by atoms with Crippen LogP contribution in [-0.4, -0.2) is 19.4 Å². The first-order chi connectivity index (χ1) is 25.3. The van der Waals surface area contributed by atoms with E-state index in [4.69, 9.17) is 15.0 Å². The van der Waals surface area contributed by atoms with E-state index in [1.165, 1.54) is 0 Å². The van der Waals surface area contributed by atoms with Crippen LogP contribution in [0.1, 0.15) is 0 Å². The minimum absolute atomic E-state index is 0.680. The van der Waals surface area contributed by atoms with Gasteiger partial charge in [0.05, 0.1) is 22.8 Å². The summed E-state index contributed by atoms with van der Waals surface area (Å²) in [6.45, 7) is 0. The topological polar surface area (TPSA) is 43.1 Å². The van der Waals surface area contributed by atoms with Crippen LogP contribution in [0.5, 0.6) is 0 Å². The second-order valence-electron chi connectivity index (χ2n) is 12.5. The first kappa shape index (κ1) is 30.2. The number of aromatic nitrogens is 4. The van der Waals surface area contributed by atoms with E-state index in [0.29, 0.717) is 5.82 Å². The zero-order chi connectivity index (χ0) is 34.0. The highest BCUT2D eigenvalue weighted by molar-refractivity contribution is 5.90. The molecular formula is C47H32N4. The van der Waals surface area contributed by atoms with Gasteiger partial charge in [-0.05, 0) is 28.8 Å². The molecule has 0 saturated heterocycles. The third-order valence-corrected chi connectivity index (χ3v) is 9.24. The van der Waals surface area contributed by atoms with Gasteiger partial charge in [-0.1, -0.05) is 176 Å². The van der Waals surface area contributed by atoms with Gasteiger partial charge in [-0.3, -0.25) is 4.40 Å². The average molecular weight is 653 g/mol. The first-order valence-electron chi connectivity index (χ1n) is 17.1. The number of imidazole rings is 1. The molecular weight excluding hydrogens is 621 g/mol. The molecule has 0 aliphatic heterocycles. The van der Waals surface area contributed by atoms with Gasteiger partial charge in [0.2, 0.25) is 0 Å². The van der Waals surface area contributed by atoms with Gasteiger partial charge in [0.1, 0.15) is 5.65 Å². The van der Waals surface area contributed by atoms with E-state index in [2.05, 4.69) is 162 Å². The smallest absolute Gasteiger partial charge is 0.160 e. The molecule has 4 nitrogen and oxygen atoms in total. The highest BCUT2D eigenvalue weighted by Gasteiger charge is 2.21. The van der Waals surface area contributed by atoms with Crippen LogP contribution in [0.4, 0.5) is 0 Å². The van der Waals surface area contributed by atoms with Crippen LogP contribution in [0.25, 0.3) is 84.3 Å². The van der Waals surface area contributed by atoms with Crippen molar-refractivity contribution < 1.29 is 0 Å². The summed E-state index contributed by atoms with van der Waals surface area (Å²) in [6, 6.07) is 65.0. The van der Waals surface area contributed by atoms with E-state index in [1.807, 2.05) is 36.4 Å². The molecule has 0 atom stereocenters. The van der Waals surface area contributed by atoms with Crippen molar-refractivity contribution in [2.24, 2.45) is 0 Å². The molecule has 0 saturated carbocycles. The molecule has 0 amide bonds. The summed E-state index contributed by atoms with van der Waals surface area (Å²) >= 11 is 0. The molecule has 3 heterocycles. The van der Waals surface area contributed by atoms with E-state index in [1.54, 1.807) is 0 Å². The lowest BCUT2D eigenvalue weighted by atomic mass is 10.0. The third-order valence-electron chi connectivity index (χ3n) is 9.24. The Balaban J connectivity index is 1.22. The van der Waals surface area contributed by atoms with Gasteiger partial charge < -0.3 is 0 Å². The molecule has 0 aliphatic carbocycles. The maximum atomic E-state index is 5.41. The highest BCUT2D eigenvalue weighted by Crippen LogP contribution is 2.39. The molecule has 9 rings (SSSR count). The Morgan fingerprint density at radius 3 is 1.31 bits per heavy atom. The Hall–Kier alpha value is -6.91. The number of rotatable bonds is 7. The second kappa shape index (κ2) is 13.2. The standard InChI is InChI=1S/C47H32N4/c1-6-16-33(17-7-1)40-30-41(34-18-8-2-9-19-34)47-50-44(45(51(47)32-40)38-24-14-5-15-25-38)37-26-28-39(29-27-37)46-48-42(35-20-10-3-11-21-35)31-43(49-46)36-22-12-4-13-23-36/h1-32H. The molecule has 0 N–H and O–H groups in total. The molecule has 240 valence electrons. The van der Waals surface area contributed by atoms with Crippen LogP contribution < -0.4 is 0 Å². The maximum absolute atomic E-state index is 5.41. The summed E-state index contributed by atoms with van der Waals surface area (Å²) < 4.78 is 2.27. The number of hydrogen-bond donors (Lipinski definition) is 0. The Labute approximate surface area is 297 Å². The number of pyridine rings is 1. The monoisotopic (exact) mass is 652 g/mol. The first-order valence-corrected chi connectivity index (χ1v) is 17.1. The van der Waals surface area contributed by atoms with Crippen molar-refractivity contribution in [1.82, 2.24) is 19.4 Å². The zero-order valence-corrected chi connectivity index (χ0v) is 27.8. The molecule has 0 bridgehead atoms. The van der Waals surface area contributed by atoms with Crippen molar-refractivity contribution in [3.05, 3.63) is 194 Å². The molecule has 0 aliphatic rings. The van der Waals surface area contributed by atoms with Crippen LogP contribution in [-0.2, 0) is 0 Å². The van der Waals surface area contributed by atoms with Gasteiger partial charge in [0.25, 0.3) is 0 Å². The van der Waals surface area contributed by atoms with E-state index in [0.717, 1.165) is 78.5 Å². The van der Waals surface area contributed by atoms with Crippen LogP contribution in [0.15, 0.2) is 194 Å². The van der Waals surface area contributed by atoms with Crippen LogP contribution in [0.3, 0.4) is 0 Å². The quantitative estimate of drug-likeness (QED) is 0.172. The second-order valence-corrected chi connectivity index (χ2v) is 12.5. The highest BCUT2D eigenvalue weighted by atomic mass is 15.0. The van der Waals surface area contributed by atoms with E-state index in [-0.39, 0.29) is 0 Å². The Kier molecular flexibility index (Phi) is 7.80. The van der Waals surface area contributed by atoms with Gasteiger partial charge in [-0.15, -0.1) is 0 Å². The maximum Gasteiger partial charge on any atom is 0.160 e. The predicted molar refractivity (Wildman–Crippen MR) is 209 cm³/mol. The summed E-state index contributed by atoms with van der Waals surface area (Å²) in [5, 5.41) is 0.